The van der Waals surface area contributed by atoms with Crippen molar-refractivity contribution in [3.05, 3.63) is 30.3 Å². The summed E-state index contributed by atoms with van der Waals surface area (Å²) >= 11 is 5.34. The number of nitrogens with zero attached hydrogens (tertiary/aromatic N) is 1. The maximum atomic E-state index is 5.34. The van der Waals surface area contributed by atoms with Crippen LogP contribution in [0.4, 0.5) is 5.69 Å². The number of nitrogens with two attached hydrogens (primary N) is 1. The molecule has 2 nitrogen and oxygen atoms in total. The van der Waals surface area contributed by atoms with Gasteiger partial charge in [-0.3, -0.25) is 0 Å². The van der Waals surface area contributed by atoms with Crippen LogP contribution in [0.2, 0.25) is 0 Å². The predicted octanol–water partition coefficient (Wildman–Crippen LogP) is 2.29. The average Bonchev–Trinajstić information content (AvgIpc) is 1.88. The molecule has 0 fully saturated rings. The lowest BCUT2D eigenvalue weighted by atomic mass is 10.3. The first kappa shape index (κ1) is 10.3. The van der Waals surface area contributed by atoms with Gasteiger partial charge in [-0.1, -0.05) is 18.2 Å². The van der Waals surface area contributed by atoms with Gasteiger partial charge in [0.05, 0.1) is 5.69 Å². The second kappa shape index (κ2) is 4.99. The number of benzene rings is 1. The SMILES string of the molecule is Cl.NC(Cl)=Nc1ccccc1. The van der Waals surface area contributed by atoms with Crippen LogP contribution in [0, 0.1) is 0 Å². The minimum absolute atomic E-state index is 0. The molecule has 4 heteroatoms. The summed E-state index contributed by atoms with van der Waals surface area (Å²) in [5.41, 5.74) is 5.91. The molecule has 11 heavy (non-hydrogen) atoms. The van der Waals surface area contributed by atoms with Crippen molar-refractivity contribution in [2.75, 3.05) is 0 Å². The lowest BCUT2D eigenvalue weighted by molar-refractivity contribution is 1.51. The summed E-state index contributed by atoms with van der Waals surface area (Å²) in [5, 5.41) is 0.0613. The fourth-order valence-electron chi connectivity index (χ4n) is 0.626. The Balaban J connectivity index is 0.000001000. The van der Waals surface area contributed by atoms with E-state index in [4.69, 9.17) is 17.3 Å². The molecule has 1 aromatic rings. The Morgan fingerprint density at radius 1 is 1.27 bits per heavy atom. The number of hydrogen-bond acceptors (Lipinski definition) is 1. The Morgan fingerprint density at radius 2 is 1.82 bits per heavy atom. The van der Waals surface area contributed by atoms with Crippen LogP contribution >= 0.6 is 24.0 Å². The van der Waals surface area contributed by atoms with Crippen molar-refractivity contribution in [2.45, 2.75) is 0 Å². The summed E-state index contributed by atoms with van der Waals surface area (Å²) in [6.45, 7) is 0. The topological polar surface area (TPSA) is 38.4 Å². The van der Waals surface area contributed by atoms with Crippen molar-refractivity contribution in [3.8, 4) is 0 Å². The van der Waals surface area contributed by atoms with Gasteiger partial charge < -0.3 is 5.73 Å². The van der Waals surface area contributed by atoms with Crippen molar-refractivity contribution in [1.29, 1.82) is 0 Å². The largest absolute Gasteiger partial charge is 0.374 e. The van der Waals surface area contributed by atoms with Crippen LogP contribution < -0.4 is 5.73 Å². The van der Waals surface area contributed by atoms with E-state index in [0.717, 1.165) is 5.69 Å². The first-order chi connectivity index (χ1) is 4.79. The third kappa shape index (κ3) is 3.86. The molecule has 0 radical (unpaired) electrons. The van der Waals surface area contributed by atoms with Gasteiger partial charge in [-0.2, -0.15) is 0 Å². The Bertz CT molecular complexity index is 229. The van der Waals surface area contributed by atoms with Crippen LogP contribution in [0.3, 0.4) is 0 Å². The van der Waals surface area contributed by atoms with Gasteiger partial charge in [0.25, 0.3) is 0 Å². The van der Waals surface area contributed by atoms with Crippen LogP contribution in [0.1, 0.15) is 0 Å². The Hall–Kier alpha value is -0.730. The Morgan fingerprint density at radius 3 is 2.27 bits per heavy atom. The molecule has 0 spiro atoms. The van der Waals surface area contributed by atoms with Gasteiger partial charge in [0.15, 0.2) is 5.29 Å². The van der Waals surface area contributed by atoms with Gasteiger partial charge in [-0.25, -0.2) is 4.99 Å². The molecule has 1 rings (SSSR count). The summed E-state index contributed by atoms with van der Waals surface area (Å²) in [5.74, 6) is 0. The maximum Gasteiger partial charge on any atom is 0.193 e. The van der Waals surface area contributed by atoms with E-state index in [2.05, 4.69) is 4.99 Å². The van der Waals surface area contributed by atoms with Gasteiger partial charge in [-0.05, 0) is 23.7 Å². The first-order valence-electron chi connectivity index (χ1n) is 2.84. The van der Waals surface area contributed by atoms with E-state index in [9.17, 15) is 0 Å². The fraction of sp³-hybridized carbons (Fsp3) is 0. The minimum atomic E-state index is 0. The predicted molar refractivity (Wildman–Crippen MR) is 50.8 cm³/mol. The van der Waals surface area contributed by atoms with Crippen molar-refractivity contribution in [1.82, 2.24) is 0 Å². The maximum absolute atomic E-state index is 5.34. The third-order valence-electron chi connectivity index (χ3n) is 0.992. The highest BCUT2D eigenvalue weighted by atomic mass is 35.5. The third-order valence-corrected chi connectivity index (χ3v) is 1.08. The van der Waals surface area contributed by atoms with E-state index in [0.29, 0.717) is 0 Å². The van der Waals surface area contributed by atoms with Crippen LogP contribution in [0.5, 0.6) is 0 Å². The normalized spacial score (nSPS) is 10.5. The number of rotatable bonds is 1. The number of para-hydroxylation sites is 1. The summed E-state index contributed by atoms with van der Waals surface area (Å²) in [7, 11) is 0. The zero-order valence-electron chi connectivity index (χ0n) is 5.70. The number of aliphatic imine (C=N–C) groups is 1. The lowest BCUT2D eigenvalue weighted by Crippen LogP contribution is -1.99. The van der Waals surface area contributed by atoms with Gasteiger partial charge in [0.1, 0.15) is 0 Å². The molecule has 0 atom stereocenters. The molecule has 2 N–H and O–H groups in total. The second-order valence-electron chi connectivity index (χ2n) is 1.77. The van der Waals surface area contributed by atoms with Gasteiger partial charge >= 0.3 is 0 Å². The first-order valence-corrected chi connectivity index (χ1v) is 3.21. The summed E-state index contributed by atoms with van der Waals surface area (Å²) in [6.07, 6.45) is 0. The molecular weight excluding hydrogens is 183 g/mol. The zero-order chi connectivity index (χ0) is 7.40. The van der Waals surface area contributed by atoms with E-state index in [1.807, 2.05) is 30.3 Å². The van der Waals surface area contributed by atoms with E-state index in [1.54, 1.807) is 0 Å². The van der Waals surface area contributed by atoms with Crippen molar-refractivity contribution >= 4 is 35.0 Å². The summed E-state index contributed by atoms with van der Waals surface area (Å²) in [6, 6.07) is 9.31. The molecule has 0 saturated heterocycles. The average molecular weight is 191 g/mol. The Labute approximate surface area is 76.5 Å². The number of hydrogen-bond donors (Lipinski definition) is 1. The molecule has 1 aromatic carbocycles. The summed E-state index contributed by atoms with van der Waals surface area (Å²) in [4.78, 5) is 3.82. The van der Waals surface area contributed by atoms with Crippen molar-refractivity contribution in [3.63, 3.8) is 0 Å². The smallest absolute Gasteiger partial charge is 0.193 e. The second-order valence-corrected chi connectivity index (χ2v) is 2.16. The van der Waals surface area contributed by atoms with Gasteiger partial charge in [0, 0.05) is 0 Å². The lowest BCUT2D eigenvalue weighted by Gasteiger charge is -1.89. The van der Waals surface area contributed by atoms with E-state index in [1.165, 1.54) is 0 Å². The molecule has 0 aromatic heterocycles. The highest BCUT2D eigenvalue weighted by molar-refractivity contribution is 6.64. The minimum Gasteiger partial charge on any atom is -0.374 e. The molecule has 0 aliphatic heterocycles. The number of amidine groups is 1. The molecule has 0 bridgehead atoms. The standard InChI is InChI=1S/C7H7ClN2.ClH/c8-7(9)10-6-4-2-1-3-5-6;/h1-5H,(H2,9,10);1H. The zero-order valence-corrected chi connectivity index (χ0v) is 7.27. The van der Waals surface area contributed by atoms with E-state index >= 15 is 0 Å². The molecule has 0 amide bonds. The fourth-order valence-corrected chi connectivity index (χ4v) is 0.723. The monoisotopic (exact) mass is 190 g/mol. The van der Waals surface area contributed by atoms with Crippen molar-refractivity contribution in [2.24, 2.45) is 10.7 Å². The van der Waals surface area contributed by atoms with Crippen LogP contribution in [-0.2, 0) is 0 Å². The molecule has 0 aliphatic carbocycles. The number of halogens is 2. The van der Waals surface area contributed by atoms with E-state index < -0.39 is 0 Å². The van der Waals surface area contributed by atoms with E-state index in [-0.39, 0.29) is 17.7 Å². The molecule has 0 heterocycles. The Kier molecular flexibility index (Phi) is 4.66. The van der Waals surface area contributed by atoms with Gasteiger partial charge in [0.2, 0.25) is 0 Å². The highest BCUT2D eigenvalue weighted by Crippen LogP contribution is 2.09. The van der Waals surface area contributed by atoms with Crippen molar-refractivity contribution < 1.29 is 0 Å². The molecule has 0 aliphatic rings. The molecule has 0 unspecified atom stereocenters. The molecule has 60 valence electrons. The van der Waals surface area contributed by atoms with Crippen LogP contribution in [-0.4, -0.2) is 5.29 Å². The highest BCUT2D eigenvalue weighted by Gasteiger charge is 1.85. The molecule has 0 saturated carbocycles. The molecular formula is C7H8Cl2N2. The summed E-state index contributed by atoms with van der Waals surface area (Å²) < 4.78 is 0. The van der Waals surface area contributed by atoms with Crippen LogP contribution in [0.15, 0.2) is 35.3 Å². The quantitative estimate of drug-likeness (QED) is 0.412. The van der Waals surface area contributed by atoms with Gasteiger partial charge in [-0.15, -0.1) is 12.4 Å². The van der Waals surface area contributed by atoms with Crippen LogP contribution in [0.25, 0.3) is 0 Å².